The van der Waals surface area contributed by atoms with Crippen LogP contribution in [0, 0.1) is 0 Å². The first-order chi connectivity index (χ1) is 20.3. The lowest BCUT2D eigenvalue weighted by molar-refractivity contribution is 0.0230. The van der Waals surface area contributed by atoms with Gasteiger partial charge in [0.25, 0.3) is 0 Å². The highest BCUT2D eigenvalue weighted by atomic mass is 16.6. The summed E-state index contributed by atoms with van der Waals surface area (Å²) in [7, 11) is 0. The highest BCUT2D eigenvalue weighted by molar-refractivity contribution is 5.99. The van der Waals surface area contributed by atoms with Crippen molar-refractivity contribution in [2.75, 3.05) is 36.0 Å². The van der Waals surface area contributed by atoms with Gasteiger partial charge in [0.05, 0.1) is 11.1 Å². The zero-order valence-electron chi connectivity index (χ0n) is 24.4. The van der Waals surface area contributed by atoms with Gasteiger partial charge in [0, 0.05) is 59.7 Å². The molecule has 0 atom stereocenters. The molecule has 1 N–H and O–H groups in total. The number of ether oxygens (including phenoxy) is 1. The van der Waals surface area contributed by atoms with Crippen LogP contribution in [-0.2, 0) is 41.4 Å². The maximum atomic E-state index is 13.8. The average molecular weight is 561 g/mol. The average Bonchev–Trinajstić information content (AvgIpc) is 3.28. The molecule has 6 aliphatic rings. The molecule has 0 saturated carbocycles. The molecule has 3 aromatic carbocycles. The summed E-state index contributed by atoms with van der Waals surface area (Å²) in [5.74, 6) is -1.35. The Hall–Kier alpha value is -3.80. The SMILES string of the molecule is CC1(C)c2c(cc3c4c2CCCN4CCC3)C2(OC(=O)c3ccc(C(=O)O)cc32)c2cc3c4c(c21)CCCN4CCC3. The molecule has 0 bridgehead atoms. The van der Waals surface area contributed by atoms with Crippen molar-refractivity contribution in [2.45, 2.75) is 76.2 Å². The third-order valence-electron chi connectivity index (χ3n) is 11.2. The molecule has 1 spiro atoms. The molecule has 3 aromatic rings. The minimum absolute atomic E-state index is 0.190. The highest BCUT2D eigenvalue weighted by Crippen LogP contribution is 2.62. The molecule has 0 amide bonds. The van der Waals surface area contributed by atoms with Gasteiger partial charge in [0.1, 0.15) is 0 Å². The Morgan fingerprint density at radius 3 is 1.81 bits per heavy atom. The summed E-state index contributed by atoms with van der Waals surface area (Å²) in [6.45, 7) is 9.14. The molecule has 214 valence electrons. The molecule has 6 heteroatoms. The fraction of sp³-hybridized carbons (Fsp3) is 0.444. The molecule has 42 heavy (non-hydrogen) atoms. The Morgan fingerprint density at radius 1 is 0.762 bits per heavy atom. The van der Waals surface area contributed by atoms with Gasteiger partial charge in [-0.3, -0.25) is 0 Å². The van der Waals surface area contributed by atoms with Crippen LogP contribution >= 0.6 is 0 Å². The van der Waals surface area contributed by atoms with E-state index < -0.39 is 11.6 Å². The number of esters is 1. The van der Waals surface area contributed by atoms with E-state index in [9.17, 15) is 14.7 Å². The number of aromatic carboxylic acids is 1. The molecular weight excluding hydrogens is 524 g/mol. The summed E-state index contributed by atoms with van der Waals surface area (Å²) >= 11 is 0. The lowest BCUT2D eigenvalue weighted by atomic mass is 9.57. The quantitative estimate of drug-likeness (QED) is 0.375. The number of benzene rings is 3. The summed E-state index contributed by atoms with van der Waals surface area (Å²) in [5, 5.41) is 10.1. The van der Waals surface area contributed by atoms with Crippen molar-refractivity contribution in [1.29, 1.82) is 0 Å². The van der Waals surface area contributed by atoms with Crippen molar-refractivity contribution in [2.24, 2.45) is 0 Å². The number of anilines is 2. The number of fused-ring (bicyclic) bond motifs is 8. The molecule has 0 unspecified atom stereocenters. The number of carboxylic acids is 1. The van der Waals surface area contributed by atoms with Crippen LogP contribution in [0.15, 0.2) is 30.3 Å². The molecular formula is C36H36N2O4. The van der Waals surface area contributed by atoms with Crippen LogP contribution in [0.1, 0.15) is 110 Å². The third kappa shape index (κ3) is 2.91. The number of carbonyl (C=O) groups excluding carboxylic acids is 1. The second-order valence-electron chi connectivity index (χ2n) is 13.7. The predicted molar refractivity (Wildman–Crippen MR) is 161 cm³/mol. The first-order valence-electron chi connectivity index (χ1n) is 15.8. The second-order valence-corrected chi connectivity index (χ2v) is 13.7. The second kappa shape index (κ2) is 8.18. The predicted octanol–water partition coefficient (Wildman–Crippen LogP) is 5.88. The molecule has 0 radical (unpaired) electrons. The Labute approximate surface area is 246 Å². The molecule has 0 saturated heterocycles. The van der Waals surface area contributed by atoms with E-state index in [2.05, 4.69) is 35.8 Å². The zero-order chi connectivity index (χ0) is 28.5. The number of aryl methyl sites for hydroxylation is 2. The standard InChI is InChI=1S/C36H36N2O4/c1-35(2)29-24-9-5-15-37-13-3-7-20(31(24)37)17-27(29)36(26-19-22(33(39)40)11-12-23(26)34(41)42-36)28-18-21-8-4-14-38-16-6-10-25(30(28)35)32(21)38/h11-12,17-19H,3-10,13-16H2,1-2H3,(H,39,40). The molecule has 5 aliphatic heterocycles. The lowest BCUT2D eigenvalue weighted by Gasteiger charge is -2.51. The van der Waals surface area contributed by atoms with Gasteiger partial charge >= 0.3 is 11.9 Å². The van der Waals surface area contributed by atoms with Gasteiger partial charge in [-0.05, 0) is 115 Å². The molecule has 9 rings (SSSR count). The Bertz CT molecular complexity index is 1680. The van der Waals surface area contributed by atoms with Crippen molar-refractivity contribution in [1.82, 2.24) is 0 Å². The van der Waals surface area contributed by atoms with E-state index in [1.165, 1.54) is 44.8 Å². The summed E-state index contributed by atoms with van der Waals surface area (Å²) < 4.78 is 6.75. The largest absolute Gasteiger partial charge is 0.478 e. The maximum Gasteiger partial charge on any atom is 0.340 e. The minimum Gasteiger partial charge on any atom is -0.478 e. The molecule has 6 nitrogen and oxygen atoms in total. The molecule has 0 fully saturated rings. The topological polar surface area (TPSA) is 70.1 Å². The van der Waals surface area contributed by atoms with E-state index in [1.54, 1.807) is 18.2 Å². The number of hydrogen-bond acceptors (Lipinski definition) is 5. The van der Waals surface area contributed by atoms with Gasteiger partial charge in [-0.1, -0.05) is 13.8 Å². The lowest BCUT2D eigenvalue weighted by Crippen LogP contribution is -2.46. The van der Waals surface area contributed by atoms with Crippen molar-refractivity contribution < 1.29 is 19.4 Å². The van der Waals surface area contributed by atoms with E-state index in [4.69, 9.17) is 4.74 Å². The normalized spacial score (nSPS) is 21.6. The van der Waals surface area contributed by atoms with Crippen LogP contribution < -0.4 is 9.80 Å². The van der Waals surface area contributed by atoms with Gasteiger partial charge in [-0.2, -0.15) is 0 Å². The van der Waals surface area contributed by atoms with E-state index in [-0.39, 0.29) is 16.9 Å². The van der Waals surface area contributed by atoms with Gasteiger partial charge in [-0.15, -0.1) is 0 Å². The Balaban J connectivity index is 1.47. The highest BCUT2D eigenvalue weighted by Gasteiger charge is 2.58. The molecule has 5 heterocycles. The first-order valence-corrected chi connectivity index (χ1v) is 15.8. The smallest absolute Gasteiger partial charge is 0.340 e. The number of hydrogen-bond donors (Lipinski definition) is 1. The van der Waals surface area contributed by atoms with Gasteiger partial charge < -0.3 is 19.6 Å². The molecule has 0 aromatic heterocycles. The van der Waals surface area contributed by atoms with Crippen molar-refractivity contribution in [3.8, 4) is 0 Å². The van der Waals surface area contributed by atoms with E-state index in [1.807, 2.05) is 0 Å². The number of nitrogens with zero attached hydrogens (tertiary/aromatic N) is 2. The van der Waals surface area contributed by atoms with Crippen LogP contribution in [-0.4, -0.2) is 43.2 Å². The minimum atomic E-state index is -1.16. The van der Waals surface area contributed by atoms with Gasteiger partial charge in [0.2, 0.25) is 0 Å². The van der Waals surface area contributed by atoms with Crippen molar-refractivity contribution >= 4 is 23.3 Å². The summed E-state index contributed by atoms with van der Waals surface area (Å²) in [6, 6.07) is 9.64. The number of carbonyl (C=O) groups is 2. The summed E-state index contributed by atoms with van der Waals surface area (Å²) in [6.07, 6.45) is 8.51. The molecule has 1 aliphatic carbocycles. The van der Waals surface area contributed by atoms with Gasteiger partial charge in [0.15, 0.2) is 5.60 Å². The van der Waals surface area contributed by atoms with E-state index >= 15 is 0 Å². The van der Waals surface area contributed by atoms with Crippen LogP contribution in [0.3, 0.4) is 0 Å². The number of rotatable bonds is 1. The van der Waals surface area contributed by atoms with Crippen molar-refractivity contribution in [3.63, 3.8) is 0 Å². The maximum absolute atomic E-state index is 13.8. The zero-order valence-corrected chi connectivity index (χ0v) is 24.4. The van der Waals surface area contributed by atoms with Crippen LogP contribution in [0.5, 0.6) is 0 Å². The van der Waals surface area contributed by atoms with Crippen LogP contribution in [0.4, 0.5) is 11.4 Å². The third-order valence-corrected chi connectivity index (χ3v) is 11.2. The number of carboxylic acid groups (broad SMARTS) is 1. The Kier molecular flexibility index (Phi) is 4.82. The van der Waals surface area contributed by atoms with Crippen LogP contribution in [0.2, 0.25) is 0 Å². The summed E-state index contributed by atoms with van der Waals surface area (Å²) in [4.78, 5) is 31.3. The summed E-state index contributed by atoms with van der Waals surface area (Å²) in [5.41, 5.74) is 13.0. The van der Waals surface area contributed by atoms with E-state index in [0.717, 1.165) is 88.7 Å². The Morgan fingerprint density at radius 2 is 1.29 bits per heavy atom. The fourth-order valence-corrected chi connectivity index (χ4v) is 9.77. The fourth-order valence-electron chi connectivity index (χ4n) is 9.77. The van der Waals surface area contributed by atoms with Crippen LogP contribution in [0.25, 0.3) is 0 Å². The van der Waals surface area contributed by atoms with E-state index in [0.29, 0.717) is 11.1 Å². The first kappa shape index (κ1) is 24.8. The van der Waals surface area contributed by atoms with Gasteiger partial charge in [-0.25, -0.2) is 9.59 Å². The monoisotopic (exact) mass is 560 g/mol. The van der Waals surface area contributed by atoms with Crippen molar-refractivity contribution in [3.05, 3.63) is 91.5 Å².